The highest BCUT2D eigenvalue weighted by molar-refractivity contribution is 6.00. The summed E-state index contributed by atoms with van der Waals surface area (Å²) in [6.07, 6.45) is 1.91. The van der Waals surface area contributed by atoms with Gasteiger partial charge < -0.3 is 5.32 Å². The molecule has 0 saturated heterocycles. The van der Waals surface area contributed by atoms with E-state index in [9.17, 15) is 4.79 Å². The van der Waals surface area contributed by atoms with Gasteiger partial charge in [0.25, 0.3) is 0 Å². The molecule has 1 rings (SSSR count). The Kier molecular flexibility index (Phi) is 7.01. The average Bonchev–Trinajstić information content (AvgIpc) is 2.26. The van der Waals surface area contributed by atoms with Crippen LogP contribution in [0.4, 0.5) is 0 Å². The lowest BCUT2D eigenvalue weighted by Crippen LogP contribution is -2.33. The van der Waals surface area contributed by atoms with E-state index in [0.717, 1.165) is 18.4 Å². The number of likely N-dealkylation sites (N-methyl/N-ethyl adjacent to an activating group) is 1. The van der Waals surface area contributed by atoms with Gasteiger partial charge in [0, 0.05) is 5.56 Å². The molecule has 0 aliphatic rings. The van der Waals surface area contributed by atoms with Gasteiger partial charge in [0.1, 0.15) is 0 Å². The Bertz CT molecular complexity index is 287. The fraction of sp³-hybridized carbons (Fsp3) is 0.417. The van der Waals surface area contributed by atoms with Gasteiger partial charge in [0.2, 0.25) is 0 Å². The molecule has 1 aromatic carbocycles. The van der Waals surface area contributed by atoms with E-state index in [2.05, 4.69) is 12.2 Å². The monoisotopic (exact) mass is 233 g/mol. The molecule has 0 saturated carbocycles. The minimum absolute atomic E-state index is 0. The maximum absolute atomic E-state index is 11.9. The molecule has 15 heavy (non-hydrogen) atoms. The maximum Gasteiger partial charge on any atom is 0.179 e. The Morgan fingerprint density at radius 3 is 2.40 bits per heavy atom. The molecular formula is C12H18ClNO. The Labute approximate surface area is 97.5 Å². The number of hydrogen-bond donors (Lipinski definition) is 1. The summed E-state index contributed by atoms with van der Waals surface area (Å²) in [5.41, 5.74) is 0.792. The zero-order valence-corrected chi connectivity index (χ0v) is 10.0. The highest BCUT2D eigenvalue weighted by atomic mass is 35.5. The highest BCUT2D eigenvalue weighted by Crippen LogP contribution is 2.07. The van der Waals surface area contributed by atoms with Crippen molar-refractivity contribution in [1.29, 1.82) is 0 Å². The third-order valence-electron chi connectivity index (χ3n) is 2.30. The number of rotatable bonds is 5. The summed E-state index contributed by atoms with van der Waals surface area (Å²) in [6, 6.07) is 9.40. The lowest BCUT2D eigenvalue weighted by molar-refractivity contribution is 0.0942. The molecule has 0 aliphatic heterocycles. The van der Waals surface area contributed by atoms with Crippen molar-refractivity contribution in [3.8, 4) is 0 Å². The highest BCUT2D eigenvalue weighted by Gasteiger charge is 2.16. The van der Waals surface area contributed by atoms with Gasteiger partial charge in [-0.1, -0.05) is 43.7 Å². The van der Waals surface area contributed by atoms with Crippen LogP contribution in [0.15, 0.2) is 30.3 Å². The van der Waals surface area contributed by atoms with Crippen LogP contribution in [0, 0.1) is 0 Å². The minimum atomic E-state index is -0.0394. The quantitative estimate of drug-likeness (QED) is 0.793. The third kappa shape index (κ3) is 4.02. The van der Waals surface area contributed by atoms with Gasteiger partial charge in [-0.05, 0) is 13.5 Å². The number of Topliss-reactive ketones (excluding diaryl/α,β-unsaturated/α-hetero) is 1. The first kappa shape index (κ1) is 14.1. The normalized spacial score (nSPS) is 11.6. The molecule has 0 amide bonds. The van der Waals surface area contributed by atoms with Crippen LogP contribution in [0.25, 0.3) is 0 Å². The molecule has 0 fully saturated rings. The standard InChI is InChI=1S/C12H17NO.ClH/c1-3-7-11(13-2)12(14)10-8-5-4-6-9-10;/h4-6,8-9,11,13H,3,7H2,1-2H3;1H/i4+1,5+1,6+1,8+1,9+1,10+1;. The Balaban J connectivity index is 0.00000196. The molecule has 1 N–H and O–H groups in total. The van der Waals surface area contributed by atoms with E-state index in [4.69, 9.17) is 0 Å². The zero-order valence-electron chi connectivity index (χ0n) is 9.19. The van der Waals surface area contributed by atoms with Gasteiger partial charge in [-0.2, -0.15) is 0 Å². The summed E-state index contributed by atoms with van der Waals surface area (Å²) in [5, 5.41) is 3.05. The minimum Gasteiger partial charge on any atom is -0.310 e. The lowest BCUT2D eigenvalue weighted by atomic mass is 10.1. The molecule has 0 heterocycles. The van der Waals surface area contributed by atoms with E-state index in [1.165, 1.54) is 0 Å². The van der Waals surface area contributed by atoms with E-state index >= 15 is 0 Å². The summed E-state index contributed by atoms with van der Waals surface area (Å²) in [7, 11) is 1.83. The van der Waals surface area contributed by atoms with Crippen molar-refractivity contribution >= 4 is 18.2 Å². The molecular weight excluding hydrogens is 216 g/mol. The van der Waals surface area contributed by atoms with Crippen molar-refractivity contribution in [3.63, 3.8) is 0 Å². The molecule has 3 heteroatoms. The van der Waals surface area contributed by atoms with Gasteiger partial charge in [-0.3, -0.25) is 4.79 Å². The van der Waals surface area contributed by atoms with Crippen molar-refractivity contribution in [2.45, 2.75) is 25.8 Å². The Morgan fingerprint density at radius 1 is 1.33 bits per heavy atom. The number of hydrogen-bond acceptors (Lipinski definition) is 2. The van der Waals surface area contributed by atoms with E-state index in [1.807, 2.05) is 37.4 Å². The molecule has 0 aromatic heterocycles. The second kappa shape index (κ2) is 7.43. The molecule has 84 valence electrons. The van der Waals surface area contributed by atoms with Gasteiger partial charge in [-0.15, -0.1) is 12.4 Å². The first-order valence-corrected chi connectivity index (χ1v) is 5.06. The van der Waals surface area contributed by atoms with Crippen LogP contribution < -0.4 is 5.32 Å². The van der Waals surface area contributed by atoms with E-state index in [-0.39, 0.29) is 24.2 Å². The topological polar surface area (TPSA) is 29.1 Å². The Hall–Kier alpha value is -0.860. The maximum atomic E-state index is 11.9. The van der Waals surface area contributed by atoms with Gasteiger partial charge in [0.15, 0.2) is 5.78 Å². The molecule has 0 spiro atoms. The lowest BCUT2D eigenvalue weighted by Gasteiger charge is -2.13. The first-order chi connectivity index (χ1) is 6.79. The third-order valence-corrected chi connectivity index (χ3v) is 2.30. The second-order valence-corrected chi connectivity index (χ2v) is 3.36. The Morgan fingerprint density at radius 2 is 1.93 bits per heavy atom. The zero-order chi connectivity index (χ0) is 10.4. The predicted molar refractivity (Wildman–Crippen MR) is 65.8 cm³/mol. The largest absolute Gasteiger partial charge is 0.310 e. The number of ketones is 1. The summed E-state index contributed by atoms with van der Waals surface area (Å²) in [4.78, 5) is 11.9. The molecule has 1 aromatic rings. The number of carbonyl (C=O) groups is 1. The predicted octanol–water partition coefficient (Wildman–Crippen LogP) is 2.68. The van der Waals surface area contributed by atoms with Crippen molar-refractivity contribution in [2.75, 3.05) is 7.05 Å². The molecule has 1 unspecified atom stereocenters. The molecule has 0 aliphatic carbocycles. The van der Waals surface area contributed by atoms with Crippen LogP contribution in [0.2, 0.25) is 0 Å². The van der Waals surface area contributed by atoms with E-state index in [0.29, 0.717) is 0 Å². The van der Waals surface area contributed by atoms with Crippen LogP contribution in [-0.2, 0) is 0 Å². The summed E-state index contributed by atoms with van der Waals surface area (Å²) in [5.74, 6) is 0.190. The van der Waals surface area contributed by atoms with Crippen molar-refractivity contribution in [3.05, 3.63) is 35.9 Å². The van der Waals surface area contributed by atoms with Crippen LogP contribution in [0.3, 0.4) is 0 Å². The van der Waals surface area contributed by atoms with E-state index in [1.54, 1.807) is 0 Å². The summed E-state index contributed by atoms with van der Waals surface area (Å²) >= 11 is 0. The fourth-order valence-electron chi connectivity index (χ4n) is 1.50. The van der Waals surface area contributed by atoms with Crippen molar-refractivity contribution < 1.29 is 4.79 Å². The first-order valence-electron chi connectivity index (χ1n) is 5.06. The average molecular weight is 234 g/mol. The van der Waals surface area contributed by atoms with Crippen LogP contribution >= 0.6 is 12.4 Å². The SMILES string of the molecule is CCCC(NC)C(=O)[13c]1[13cH][13cH][13cH][13cH][13cH]1.Cl. The number of carbonyl (C=O) groups excluding carboxylic acids is 1. The van der Waals surface area contributed by atoms with Crippen molar-refractivity contribution in [2.24, 2.45) is 0 Å². The van der Waals surface area contributed by atoms with Gasteiger partial charge in [0.05, 0.1) is 6.04 Å². The van der Waals surface area contributed by atoms with Crippen LogP contribution in [-0.4, -0.2) is 18.9 Å². The number of halogens is 1. The van der Waals surface area contributed by atoms with Crippen molar-refractivity contribution in [1.82, 2.24) is 5.32 Å². The van der Waals surface area contributed by atoms with Gasteiger partial charge in [-0.25, -0.2) is 0 Å². The fourth-order valence-corrected chi connectivity index (χ4v) is 1.50. The molecule has 0 radical (unpaired) electrons. The molecule has 2 nitrogen and oxygen atoms in total. The van der Waals surface area contributed by atoms with Gasteiger partial charge >= 0.3 is 0 Å². The second-order valence-electron chi connectivity index (χ2n) is 3.36. The van der Waals surface area contributed by atoms with Crippen LogP contribution in [0.5, 0.6) is 0 Å². The summed E-state index contributed by atoms with van der Waals surface area (Å²) < 4.78 is 0. The number of nitrogens with one attached hydrogen (secondary N) is 1. The smallest absolute Gasteiger partial charge is 0.179 e. The summed E-state index contributed by atoms with van der Waals surface area (Å²) in [6.45, 7) is 2.09. The van der Waals surface area contributed by atoms with Crippen LogP contribution in [0.1, 0.15) is 30.1 Å². The molecule has 0 bridgehead atoms. The number of benzene rings is 1. The molecule has 1 atom stereocenters. The van der Waals surface area contributed by atoms with E-state index < -0.39 is 0 Å².